The van der Waals surface area contributed by atoms with E-state index in [9.17, 15) is 5.11 Å². The van der Waals surface area contributed by atoms with E-state index in [0.717, 1.165) is 25.2 Å². The molecule has 4 nitrogen and oxygen atoms in total. The van der Waals surface area contributed by atoms with E-state index >= 15 is 0 Å². The number of nitrogens with zero attached hydrogens (tertiary/aromatic N) is 3. The van der Waals surface area contributed by atoms with Gasteiger partial charge in [-0.15, -0.1) is 0 Å². The molecule has 1 fully saturated rings. The highest BCUT2D eigenvalue weighted by Crippen LogP contribution is 2.49. The molecular formula is C16H21N3O. The van der Waals surface area contributed by atoms with Crippen LogP contribution < -0.4 is 0 Å². The molecule has 0 aliphatic heterocycles. The van der Waals surface area contributed by atoms with Crippen LogP contribution in [-0.4, -0.2) is 26.0 Å². The Hall–Kier alpha value is -1.68. The number of hydrogen-bond acceptors (Lipinski definition) is 3. The summed E-state index contributed by atoms with van der Waals surface area (Å²) in [4.78, 5) is 4.27. The van der Waals surface area contributed by atoms with Crippen LogP contribution in [0.5, 0.6) is 0 Å². The lowest BCUT2D eigenvalue weighted by atomic mass is 10.0. The molecule has 1 aromatic heterocycles. The lowest BCUT2D eigenvalue weighted by Gasteiger charge is -2.11. The molecule has 1 aliphatic rings. The van der Waals surface area contributed by atoms with Gasteiger partial charge in [-0.25, -0.2) is 4.98 Å². The first kappa shape index (κ1) is 13.3. The minimum atomic E-state index is -0.319. The Morgan fingerprint density at radius 3 is 2.90 bits per heavy atom. The molecule has 1 aliphatic carbocycles. The lowest BCUT2D eigenvalue weighted by molar-refractivity contribution is 0.145. The topological polar surface area (TPSA) is 50.9 Å². The van der Waals surface area contributed by atoms with Gasteiger partial charge in [-0.1, -0.05) is 37.3 Å². The molecule has 2 aromatic rings. The van der Waals surface area contributed by atoms with E-state index < -0.39 is 0 Å². The maximum atomic E-state index is 10.4. The van der Waals surface area contributed by atoms with Gasteiger partial charge < -0.3 is 5.11 Å². The summed E-state index contributed by atoms with van der Waals surface area (Å²) in [6.07, 6.45) is 3.98. The molecule has 0 saturated heterocycles. The number of aliphatic hydroxyl groups excluding tert-OH is 1. The average Bonchev–Trinajstić information content (AvgIpc) is 3.17. The Bertz CT molecular complexity index is 552. The summed E-state index contributed by atoms with van der Waals surface area (Å²) in [5.74, 6) is 1.77. The first-order chi connectivity index (χ1) is 9.79. The second kappa shape index (κ2) is 5.75. The monoisotopic (exact) mass is 271 g/mol. The lowest BCUT2D eigenvalue weighted by Crippen LogP contribution is -2.18. The highest BCUT2D eigenvalue weighted by atomic mass is 16.3. The Kier molecular flexibility index (Phi) is 3.83. The normalized spacial score (nSPS) is 22.7. The fourth-order valence-corrected chi connectivity index (χ4v) is 2.91. The molecular weight excluding hydrogens is 250 g/mol. The van der Waals surface area contributed by atoms with Crippen molar-refractivity contribution in [2.75, 3.05) is 0 Å². The Labute approximate surface area is 119 Å². The summed E-state index contributed by atoms with van der Waals surface area (Å²) in [7, 11) is 0. The van der Waals surface area contributed by atoms with Crippen molar-refractivity contribution >= 4 is 0 Å². The Morgan fingerprint density at radius 2 is 2.15 bits per heavy atom. The molecule has 1 saturated carbocycles. The zero-order valence-corrected chi connectivity index (χ0v) is 11.8. The van der Waals surface area contributed by atoms with Crippen molar-refractivity contribution in [2.24, 2.45) is 5.92 Å². The predicted molar refractivity (Wildman–Crippen MR) is 77.3 cm³/mol. The van der Waals surface area contributed by atoms with Crippen LogP contribution in [0.3, 0.4) is 0 Å². The van der Waals surface area contributed by atoms with Crippen LogP contribution >= 0.6 is 0 Å². The van der Waals surface area contributed by atoms with E-state index in [1.54, 1.807) is 6.33 Å². The third-order valence-electron chi connectivity index (χ3n) is 4.08. The number of hydrogen-bond donors (Lipinski definition) is 1. The maximum absolute atomic E-state index is 10.4. The molecule has 3 unspecified atom stereocenters. The van der Waals surface area contributed by atoms with Crippen LogP contribution in [-0.2, 0) is 13.0 Å². The van der Waals surface area contributed by atoms with Gasteiger partial charge in [0.1, 0.15) is 12.2 Å². The van der Waals surface area contributed by atoms with Gasteiger partial charge in [0.05, 0.1) is 6.10 Å². The fraction of sp³-hybridized carbons (Fsp3) is 0.500. The molecule has 106 valence electrons. The summed E-state index contributed by atoms with van der Waals surface area (Å²) in [6.45, 7) is 2.99. The number of rotatable bonds is 6. The number of benzene rings is 1. The van der Waals surface area contributed by atoms with Gasteiger partial charge in [-0.05, 0) is 30.2 Å². The Balaban J connectivity index is 1.61. The van der Waals surface area contributed by atoms with Crippen molar-refractivity contribution in [1.29, 1.82) is 0 Å². The molecule has 3 rings (SSSR count). The van der Waals surface area contributed by atoms with Gasteiger partial charge in [-0.2, -0.15) is 5.10 Å². The first-order valence-corrected chi connectivity index (χ1v) is 7.39. The van der Waals surface area contributed by atoms with Crippen LogP contribution in [0.1, 0.15) is 37.1 Å². The molecule has 1 aromatic carbocycles. The molecule has 0 amide bonds. The molecule has 4 heteroatoms. The second-order valence-corrected chi connectivity index (χ2v) is 5.59. The fourth-order valence-electron chi connectivity index (χ4n) is 2.91. The molecule has 20 heavy (non-hydrogen) atoms. The molecule has 1 heterocycles. The third-order valence-corrected chi connectivity index (χ3v) is 4.08. The maximum Gasteiger partial charge on any atom is 0.138 e. The van der Waals surface area contributed by atoms with Gasteiger partial charge in [0, 0.05) is 13.0 Å². The zero-order valence-electron chi connectivity index (χ0n) is 11.8. The minimum Gasteiger partial charge on any atom is -0.392 e. The number of aliphatic hydroxyl groups is 1. The standard InChI is InChI=1S/C16H21N3O/c1-2-8-19-16(17-11-18-19)10-15(20)14-9-13(14)12-6-4-3-5-7-12/h3-7,11,13-15,20H,2,8-10H2,1H3. The first-order valence-electron chi connectivity index (χ1n) is 7.39. The minimum absolute atomic E-state index is 0.319. The van der Waals surface area contributed by atoms with E-state index in [-0.39, 0.29) is 6.10 Å². The SMILES string of the molecule is CCCn1ncnc1CC(O)C1CC1c1ccccc1. The molecule has 1 N–H and O–H groups in total. The zero-order chi connectivity index (χ0) is 13.9. The molecule has 0 radical (unpaired) electrons. The largest absolute Gasteiger partial charge is 0.392 e. The quantitative estimate of drug-likeness (QED) is 0.877. The van der Waals surface area contributed by atoms with Crippen LogP contribution in [0.2, 0.25) is 0 Å². The van der Waals surface area contributed by atoms with E-state index in [1.165, 1.54) is 5.56 Å². The van der Waals surface area contributed by atoms with Gasteiger partial charge in [0.2, 0.25) is 0 Å². The summed E-state index contributed by atoms with van der Waals surface area (Å²) in [6, 6.07) is 10.5. The van der Waals surface area contributed by atoms with E-state index in [0.29, 0.717) is 18.3 Å². The van der Waals surface area contributed by atoms with Crippen molar-refractivity contribution in [2.45, 2.75) is 44.8 Å². The van der Waals surface area contributed by atoms with Crippen molar-refractivity contribution in [1.82, 2.24) is 14.8 Å². The average molecular weight is 271 g/mol. The van der Waals surface area contributed by atoms with E-state index in [2.05, 4.69) is 41.3 Å². The van der Waals surface area contributed by atoms with Crippen molar-refractivity contribution in [3.05, 3.63) is 48.0 Å². The van der Waals surface area contributed by atoms with Crippen molar-refractivity contribution in [3.8, 4) is 0 Å². The molecule has 3 atom stereocenters. The number of aryl methyl sites for hydroxylation is 1. The number of aromatic nitrogens is 3. The van der Waals surface area contributed by atoms with E-state index in [1.807, 2.05) is 10.7 Å². The smallest absolute Gasteiger partial charge is 0.138 e. The summed E-state index contributed by atoms with van der Waals surface area (Å²) in [5.41, 5.74) is 1.34. The van der Waals surface area contributed by atoms with Crippen molar-refractivity contribution in [3.63, 3.8) is 0 Å². The van der Waals surface area contributed by atoms with Crippen LogP contribution in [0, 0.1) is 5.92 Å². The van der Waals surface area contributed by atoms with Gasteiger partial charge in [0.15, 0.2) is 0 Å². The highest BCUT2D eigenvalue weighted by Gasteiger charge is 2.43. The summed E-state index contributed by atoms with van der Waals surface area (Å²) < 4.78 is 1.91. The summed E-state index contributed by atoms with van der Waals surface area (Å²) in [5, 5.41) is 14.6. The molecule has 0 spiro atoms. The van der Waals surface area contributed by atoms with Crippen LogP contribution in [0.25, 0.3) is 0 Å². The van der Waals surface area contributed by atoms with Gasteiger partial charge >= 0.3 is 0 Å². The summed E-state index contributed by atoms with van der Waals surface area (Å²) >= 11 is 0. The van der Waals surface area contributed by atoms with Crippen LogP contribution in [0.15, 0.2) is 36.7 Å². The van der Waals surface area contributed by atoms with Crippen molar-refractivity contribution < 1.29 is 5.11 Å². The van der Waals surface area contributed by atoms with Crippen LogP contribution in [0.4, 0.5) is 0 Å². The van der Waals surface area contributed by atoms with Gasteiger partial charge in [-0.3, -0.25) is 4.68 Å². The Morgan fingerprint density at radius 1 is 1.35 bits per heavy atom. The highest BCUT2D eigenvalue weighted by molar-refractivity contribution is 5.26. The predicted octanol–water partition coefficient (Wildman–Crippen LogP) is 2.40. The van der Waals surface area contributed by atoms with E-state index in [4.69, 9.17) is 0 Å². The molecule has 0 bridgehead atoms. The third kappa shape index (κ3) is 2.75. The second-order valence-electron chi connectivity index (χ2n) is 5.59. The van der Waals surface area contributed by atoms with Gasteiger partial charge in [0.25, 0.3) is 0 Å².